The predicted molar refractivity (Wildman–Crippen MR) is 66.7 cm³/mol. The van der Waals surface area contributed by atoms with Gasteiger partial charge in [-0.3, -0.25) is 4.90 Å². The first-order valence-corrected chi connectivity index (χ1v) is 6.61. The van der Waals surface area contributed by atoms with Crippen molar-refractivity contribution in [2.75, 3.05) is 26.2 Å². The molecule has 2 saturated heterocycles. The van der Waals surface area contributed by atoms with Crippen LogP contribution < -0.4 is 0 Å². The lowest BCUT2D eigenvalue weighted by atomic mass is 9.96. The summed E-state index contributed by atoms with van der Waals surface area (Å²) in [6.45, 7) is 2.54. The molecule has 0 aliphatic carbocycles. The molecule has 0 aromatic rings. The Morgan fingerprint density at radius 1 is 1.28 bits per heavy atom. The van der Waals surface area contributed by atoms with E-state index in [-0.39, 0.29) is 19.1 Å². The van der Waals surface area contributed by atoms with E-state index in [0.717, 1.165) is 0 Å². The number of nitrogens with zero attached hydrogens (tertiary/aromatic N) is 2. The number of aliphatic hydroxyl groups excluding tert-OH is 2. The van der Waals surface area contributed by atoms with Crippen LogP contribution in [0.2, 0.25) is 0 Å². The van der Waals surface area contributed by atoms with Crippen LogP contribution in [0.15, 0.2) is 0 Å². The largest absolute Gasteiger partial charge is 0.389 e. The second-order valence-corrected chi connectivity index (χ2v) is 6.04. The molecule has 0 amide bonds. The molecule has 0 aromatic heterocycles. The number of rotatable bonds is 3. The smallest absolute Gasteiger partial charge is 0.265 e. The monoisotopic (exact) mass is 282 g/mol. The highest BCUT2D eigenvalue weighted by Crippen LogP contribution is 2.37. The fraction of sp³-hybridized carbons (Fsp3) is 1.00. The molecular formula is C11H20F2N2O2S. The van der Waals surface area contributed by atoms with E-state index in [4.69, 9.17) is 0 Å². The van der Waals surface area contributed by atoms with Crippen LogP contribution in [0.5, 0.6) is 0 Å². The SMILES string of the molecule is CC(CC1CN(S)CC1(F)F)N1CC(O)C(O)C1. The first-order valence-electron chi connectivity index (χ1n) is 6.21. The van der Waals surface area contributed by atoms with Gasteiger partial charge in [-0.25, -0.2) is 13.1 Å². The summed E-state index contributed by atoms with van der Waals surface area (Å²) in [5.74, 6) is -3.41. The van der Waals surface area contributed by atoms with Crippen molar-refractivity contribution in [2.45, 2.75) is 37.5 Å². The summed E-state index contributed by atoms with van der Waals surface area (Å²) in [7, 11) is 0. The minimum absolute atomic E-state index is 0.0764. The molecule has 4 atom stereocenters. The molecular weight excluding hydrogens is 262 g/mol. The van der Waals surface area contributed by atoms with E-state index in [2.05, 4.69) is 12.8 Å². The van der Waals surface area contributed by atoms with E-state index in [9.17, 15) is 19.0 Å². The minimum atomic E-state index is -2.70. The maximum absolute atomic E-state index is 13.7. The van der Waals surface area contributed by atoms with Gasteiger partial charge >= 0.3 is 0 Å². The number of hydrogen-bond donors (Lipinski definition) is 3. The Kier molecular flexibility index (Phi) is 4.18. The third kappa shape index (κ3) is 2.96. The maximum atomic E-state index is 13.7. The van der Waals surface area contributed by atoms with E-state index in [1.165, 1.54) is 4.31 Å². The van der Waals surface area contributed by atoms with Gasteiger partial charge in [-0.1, -0.05) is 12.8 Å². The van der Waals surface area contributed by atoms with E-state index in [0.29, 0.717) is 19.5 Å². The Bertz CT molecular complexity index is 299. The average molecular weight is 282 g/mol. The number of likely N-dealkylation sites (tertiary alicyclic amines) is 1. The van der Waals surface area contributed by atoms with Crippen LogP contribution in [0.1, 0.15) is 13.3 Å². The molecule has 0 bridgehead atoms. The van der Waals surface area contributed by atoms with E-state index in [1.807, 2.05) is 11.8 Å². The number of hydrogen-bond acceptors (Lipinski definition) is 5. The van der Waals surface area contributed by atoms with Gasteiger partial charge in [0.05, 0.1) is 18.8 Å². The summed E-state index contributed by atoms with van der Waals surface area (Å²) < 4.78 is 28.7. The van der Waals surface area contributed by atoms with Gasteiger partial charge < -0.3 is 10.2 Å². The lowest BCUT2D eigenvalue weighted by Crippen LogP contribution is -2.37. The third-order valence-electron chi connectivity index (χ3n) is 3.96. The zero-order valence-corrected chi connectivity index (χ0v) is 11.2. The van der Waals surface area contributed by atoms with Crippen molar-refractivity contribution >= 4 is 12.8 Å². The van der Waals surface area contributed by atoms with Gasteiger partial charge in [0, 0.05) is 31.6 Å². The quantitative estimate of drug-likeness (QED) is 0.648. The maximum Gasteiger partial charge on any atom is 0.265 e. The zero-order chi connectivity index (χ0) is 13.5. The molecule has 0 radical (unpaired) electrons. The van der Waals surface area contributed by atoms with Crippen molar-refractivity contribution in [3.63, 3.8) is 0 Å². The Morgan fingerprint density at radius 2 is 1.83 bits per heavy atom. The first-order chi connectivity index (χ1) is 8.29. The van der Waals surface area contributed by atoms with Crippen LogP contribution >= 0.6 is 12.8 Å². The molecule has 0 aromatic carbocycles. The van der Waals surface area contributed by atoms with Crippen molar-refractivity contribution in [3.8, 4) is 0 Å². The third-order valence-corrected chi connectivity index (χ3v) is 4.26. The van der Waals surface area contributed by atoms with E-state index in [1.54, 1.807) is 0 Å². The summed E-state index contributed by atoms with van der Waals surface area (Å²) in [4.78, 5) is 1.87. The fourth-order valence-electron chi connectivity index (χ4n) is 2.79. The molecule has 0 saturated carbocycles. The molecule has 2 fully saturated rings. The lowest BCUT2D eigenvalue weighted by Gasteiger charge is -2.28. The summed E-state index contributed by atoms with van der Waals surface area (Å²) in [5, 5.41) is 18.9. The molecule has 4 nitrogen and oxygen atoms in total. The lowest BCUT2D eigenvalue weighted by molar-refractivity contribution is -0.0336. The molecule has 106 valence electrons. The highest BCUT2D eigenvalue weighted by molar-refractivity contribution is 7.77. The van der Waals surface area contributed by atoms with Gasteiger partial charge in [0.1, 0.15) is 0 Å². The standard InChI is InChI=1S/C11H20F2N2O2S/c1-7(14-4-9(16)10(17)5-14)2-8-3-15(18)6-11(8,12)13/h7-10,16-18H,2-6H2,1H3. The Morgan fingerprint density at radius 3 is 2.28 bits per heavy atom. The molecule has 0 spiro atoms. The van der Waals surface area contributed by atoms with E-state index >= 15 is 0 Å². The molecule has 2 N–H and O–H groups in total. The first kappa shape index (κ1) is 14.5. The van der Waals surface area contributed by atoms with Crippen molar-refractivity contribution in [2.24, 2.45) is 5.92 Å². The molecule has 2 rings (SSSR count). The second-order valence-electron chi connectivity index (χ2n) is 5.48. The highest BCUT2D eigenvalue weighted by Gasteiger charge is 2.48. The number of β-amino-alcohol motifs (C(OH)–C–C–N with tert-alkyl or cyclic N) is 2. The number of halogens is 2. The van der Waals surface area contributed by atoms with Crippen molar-refractivity contribution in [3.05, 3.63) is 0 Å². The summed E-state index contributed by atoms with van der Waals surface area (Å²) >= 11 is 3.99. The van der Waals surface area contributed by atoms with Gasteiger partial charge in [-0.15, -0.1) is 0 Å². The average Bonchev–Trinajstić information content (AvgIpc) is 2.68. The molecule has 4 unspecified atom stereocenters. The summed E-state index contributed by atoms with van der Waals surface area (Å²) in [6.07, 6.45) is -1.18. The van der Waals surface area contributed by atoms with Crippen LogP contribution in [-0.4, -0.2) is 69.8 Å². The number of alkyl halides is 2. The van der Waals surface area contributed by atoms with Crippen LogP contribution in [0.3, 0.4) is 0 Å². The second kappa shape index (κ2) is 5.20. The van der Waals surface area contributed by atoms with Gasteiger partial charge in [-0.05, 0) is 13.3 Å². The molecule has 2 aliphatic heterocycles. The van der Waals surface area contributed by atoms with Crippen molar-refractivity contribution < 1.29 is 19.0 Å². The van der Waals surface area contributed by atoms with Crippen LogP contribution in [-0.2, 0) is 0 Å². The van der Waals surface area contributed by atoms with Crippen LogP contribution in [0.25, 0.3) is 0 Å². The Hall–Kier alpha value is 0.0500. The number of thiol groups is 1. The number of aliphatic hydroxyl groups is 2. The molecule has 18 heavy (non-hydrogen) atoms. The molecule has 7 heteroatoms. The van der Waals surface area contributed by atoms with Crippen molar-refractivity contribution in [1.82, 2.24) is 9.21 Å². The van der Waals surface area contributed by atoms with Crippen LogP contribution in [0, 0.1) is 5.92 Å². The zero-order valence-electron chi connectivity index (χ0n) is 10.3. The van der Waals surface area contributed by atoms with E-state index < -0.39 is 24.0 Å². The van der Waals surface area contributed by atoms with Crippen molar-refractivity contribution in [1.29, 1.82) is 0 Å². The Labute approximate surface area is 111 Å². The molecule has 2 heterocycles. The predicted octanol–water partition coefficient (Wildman–Crippen LogP) is 0.214. The highest BCUT2D eigenvalue weighted by atomic mass is 32.1. The van der Waals surface area contributed by atoms with Crippen LogP contribution in [0.4, 0.5) is 8.78 Å². The topological polar surface area (TPSA) is 46.9 Å². The summed E-state index contributed by atoms with van der Waals surface area (Å²) in [6, 6.07) is -0.0764. The van der Waals surface area contributed by atoms with Gasteiger partial charge in [0.25, 0.3) is 5.92 Å². The fourth-order valence-corrected chi connectivity index (χ4v) is 3.18. The Balaban J connectivity index is 1.90. The van der Waals surface area contributed by atoms with Gasteiger partial charge in [0.15, 0.2) is 0 Å². The molecule has 2 aliphatic rings. The van der Waals surface area contributed by atoms with Gasteiger partial charge in [0.2, 0.25) is 0 Å². The van der Waals surface area contributed by atoms with Gasteiger partial charge in [-0.2, -0.15) is 0 Å². The summed E-state index contributed by atoms with van der Waals surface area (Å²) in [5.41, 5.74) is 0. The normalized spacial score (nSPS) is 39.3. The minimum Gasteiger partial charge on any atom is -0.389 e.